The molecule has 1 heterocycles. The molecule has 0 aromatic carbocycles. The van der Waals surface area contributed by atoms with Crippen LogP contribution in [0.4, 0.5) is 23.4 Å². The number of ether oxygens (including phenoxy) is 1. The Kier molecular flexibility index (Phi) is 5.52. The third-order valence-corrected chi connectivity index (χ3v) is 2.53. The molecule has 1 N–H and O–H groups in total. The molecular formula is C12H17F4N3O. The van der Waals surface area contributed by atoms with Gasteiger partial charge in [0.2, 0.25) is 5.88 Å². The van der Waals surface area contributed by atoms with E-state index in [1.807, 2.05) is 6.92 Å². The van der Waals surface area contributed by atoms with Gasteiger partial charge in [-0.1, -0.05) is 6.92 Å². The molecule has 0 aliphatic heterocycles. The Labute approximate surface area is 114 Å². The molecule has 114 valence electrons. The summed E-state index contributed by atoms with van der Waals surface area (Å²) in [6.07, 6.45) is -3.30. The smallest absolute Gasteiger partial charge is 0.340 e. The number of alkyl halides is 4. The lowest BCUT2D eigenvalue weighted by Gasteiger charge is -2.18. The van der Waals surface area contributed by atoms with Gasteiger partial charge >= 0.3 is 12.3 Å². The van der Waals surface area contributed by atoms with Crippen LogP contribution in [-0.4, -0.2) is 35.5 Å². The van der Waals surface area contributed by atoms with Gasteiger partial charge in [0.05, 0.1) is 5.56 Å². The maximum absolute atomic E-state index is 12.9. The fourth-order valence-corrected chi connectivity index (χ4v) is 1.41. The van der Waals surface area contributed by atoms with Gasteiger partial charge in [-0.15, -0.1) is 0 Å². The summed E-state index contributed by atoms with van der Waals surface area (Å²) >= 11 is 0. The summed E-state index contributed by atoms with van der Waals surface area (Å²) in [6.45, 7) is 4.37. The number of rotatable bonds is 7. The molecule has 0 fully saturated rings. The lowest BCUT2D eigenvalue weighted by atomic mass is 10.3. The maximum atomic E-state index is 12.9. The Balaban J connectivity index is 2.96. The van der Waals surface area contributed by atoms with Crippen molar-refractivity contribution >= 4 is 5.82 Å². The second-order valence-corrected chi connectivity index (χ2v) is 4.15. The Bertz CT molecular complexity index is 455. The highest BCUT2D eigenvalue weighted by atomic mass is 19.3. The Morgan fingerprint density at radius 1 is 1.25 bits per heavy atom. The molecule has 0 amide bonds. The van der Waals surface area contributed by atoms with Crippen LogP contribution in [0.15, 0.2) is 0 Å². The van der Waals surface area contributed by atoms with Crippen LogP contribution >= 0.6 is 0 Å². The lowest BCUT2D eigenvalue weighted by molar-refractivity contribution is -0.148. The third kappa shape index (κ3) is 3.94. The molecule has 1 aromatic rings. The summed E-state index contributed by atoms with van der Waals surface area (Å²) in [5, 5.41) is 2.94. The van der Waals surface area contributed by atoms with Crippen molar-refractivity contribution in [2.24, 2.45) is 0 Å². The predicted octanol–water partition coefficient (Wildman–Crippen LogP) is 3.06. The first-order chi connectivity index (χ1) is 9.31. The minimum Gasteiger partial charge on any atom is -0.471 e. The zero-order chi connectivity index (χ0) is 15.3. The van der Waals surface area contributed by atoms with Crippen LogP contribution in [0.5, 0.6) is 5.88 Å². The minimum absolute atomic E-state index is 0.104. The molecule has 4 nitrogen and oxygen atoms in total. The van der Waals surface area contributed by atoms with Crippen molar-refractivity contribution in [1.82, 2.24) is 9.97 Å². The fourth-order valence-electron chi connectivity index (χ4n) is 1.41. The SMILES string of the molecule is CCNc1nc(CC)nc(OCC(F)(F)C(F)F)c1C. The van der Waals surface area contributed by atoms with Gasteiger partial charge in [0, 0.05) is 13.0 Å². The number of aromatic nitrogens is 2. The van der Waals surface area contributed by atoms with Crippen molar-refractivity contribution in [3.8, 4) is 5.88 Å². The van der Waals surface area contributed by atoms with Crippen LogP contribution in [-0.2, 0) is 6.42 Å². The second-order valence-electron chi connectivity index (χ2n) is 4.15. The van der Waals surface area contributed by atoms with E-state index in [1.165, 1.54) is 0 Å². The van der Waals surface area contributed by atoms with Gasteiger partial charge in [-0.25, -0.2) is 13.8 Å². The van der Waals surface area contributed by atoms with Gasteiger partial charge in [-0.2, -0.15) is 13.8 Å². The van der Waals surface area contributed by atoms with Crippen LogP contribution in [0.25, 0.3) is 0 Å². The molecule has 0 saturated carbocycles. The van der Waals surface area contributed by atoms with Gasteiger partial charge in [0.25, 0.3) is 0 Å². The Hall–Kier alpha value is -1.60. The summed E-state index contributed by atoms with van der Waals surface area (Å²) in [6, 6.07) is 0. The molecule has 8 heteroatoms. The van der Waals surface area contributed by atoms with Crippen molar-refractivity contribution in [1.29, 1.82) is 0 Å². The van der Waals surface area contributed by atoms with Crippen LogP contribution in [0, 0.1) is 6.92 Å². The average molecular weight is 295 g/mol. The van der Waals surface area contributed by atoms with E-state index in [0.29, 0.717) is 30.2 Å². The second kappa shape index (κ2) is 6.71. The van der Waals surface area contributed by atoms with Gasteiger partial charge in [-0.05, 0) is 13.8 Å². The number of nitrogens with zero attached hydrogens (tertiary/aromatic N) is 2. The Morgan fingerprint density at radius 2 is 1.90 bits per heavy atom. The number of aryl methyl sites for hydroxylation is 1. The van der Waals surface area contributed by atoms with E-state index in [-0.39, 0.29) is 5.88 Å². The van der Waals surface area contributed by atoms with Gasteiger partial charge < -0.3 is 10.1 Å². The Morgan fingerprint density at radius 3 is 2.40 bits per heavy atom. The van der Waals surface area contributed by atoms with E-state index in [2.05, 4.69) is 15.3 Å². The van der Waals surface area contributed by atoms with Crippen molar-refractivity contribution in [2.75, 3.05) is 18.5 Å². The first-order valence-corrected chi connectivity index (χ1v) is 6.22. The number of halogens is 4. The monoisotopic (exact) mass is 295 g/mol. The fraction of sp³-hybridized carbons (Fsp3) is 0.667. The van der Waals surface area contributed by atoms with E-state index < -0.39 is 19.0 Å². The molecule has 0 bridgehead atoms. The molecule has 0 radical (unpaired) electrons. The van der Waals surface area contributed by atoms with Crippen LogP contribution in [0.2, 0.25) is 0 Å². The van der Waals surface area contributed by atoms with Gasteiger partial charge in [0.15, 0.2) is 6.61 Å². The number of anilines is 1. The minimum atomic E-state index is -4.21. The number of hydrogen-bond donors (Lipinski definition) is 1. The zero-order valence-corrected chi connectivity index (χ0v) is 11.5. The zero-order valence-electron chi connectivity index (χ0n) is 11.5. The summed E-state index contributed by atoms with van der Waals surface area (Å²) in [4.78, 5) is 8.13. The third-order valence-electron chi connectivity index (χ3n) is 2.53. The molecule has 20 heavy (non-hydrogen) atoms. The van der Waals surface area contributed by atoms with E-state index in [4.69, 9.17) is 4.74 Å². The molecule has 0 aliphatic rings. The molecular weight excluding hydrogens is 278 g/mol. The first kappa shape index (κ1) is 16.5. The molecule has 0 spiro atoms. The largest absolute Gasteiger partial charge is 0.471 e. The van der Waals surface area contributed by atoms with E-state index in [9.17, 15) is 17.6 Å². The van der Waals surface area contributed by atoms with Gasteiger partial charge in [-0.3, -0.25) is 0 Å². The van der Waals surface area contributed by atoms with Crippen LogP contribution in [0.3, 0.4) is 0 Å². The highest BCUT2D eigenvalue weighted by Crippen LogP contribution is 2.27. The van der Waals surface area contributed by atoms with Crippen LogP contribution < -0.4 is 10.1 Å². The molecule has 0 atom stereocenters. The van der Waals surface area contributed by atoms with Gasteiger partial charge in [0.1, 0.15) is 11.6 Å². The molecule has 1 aromatic heterocycles. The topological polar surface area (TPSA) is 47.0 Å². The predicted molar refractivity (Wildman–Crippen MR) is 66.8 cm³/mol. The normalized spacial score (nSPS) is 11.8. The summed E-state index contributed by atoms with van der Waals surface area (Å²) in [5.41, 5.74) is 0.411. The summed E-state index contributed by atoms with van der Waals surface area (Å²) < 4.78 is 54.7. The highest BCUT2D eigenvalue weighted by molar-refractivity contribution is 5.48. The van der Waals surface area contributed by atoms with Crippen molar-refractivity contribution in [2.45, 2.75) is 39.5 Å². The van der Waals surface area contributed by atoms with E-state index in [0.717, 1.165) is 0 Å². The number of nitrogens with one attached hydrogen (secondary N) is 1. The molecule has 0 saturated heterocycles. The standard InChI is InChI=1S/C12H17F4N3O/c1-4-8-18-9(17-5-2)7(3)10(19-8)20-6-12(15,16)11(13)14/h11H,4-6H2,1-3H3,(H,17,18,19). The molecule has 0 unspecified atom stereocenters. The van der Waals surface area contributed by atoms with E-state index in [1.54, 1.807) is 13.8 Å². The first-order valence-electron chi connectivity index (χ1n) is 6.22. The van der Waals surface area contributed by atoms with Crippen LogP contribution in [0.1, 0.15) is 25.2 Å². The van der Waals surface area contributed by atoms with Crippen molar-refractivity contribution in [3.63, 3.8) is 0 Å². The number of hydrogen-bond acceptors (Lipinski definition) is 4. The quantitative estimate of drug-likeness (QED) is 0.785. The van der Waals surface area contributed by atoms with Crippen molar-refractivity contribution < 1.29 is 22.3 Å². The summed E-state index contributed by atoms with van der Waals surface area (Å²) in [7, 11) is 0. The highest BCUT2D eigenvalue weighted by Gasteiger charge is 2.42. The maximum Gasteiger partial charge on any atom is 0.340 e. The van der Waals surface area contributed by atoms with E-state index >= 15 is 0 Å². The molecule has 0 aliphatic carbocycles. The molecule has 1 rings (SSSR count). The lowest BCUT2D eigenvalue weighted by Crippen LogP contribution is -2.34. The summed E-state index contributed by atoms with van der Waals surface area (Å²) in [5.74, 6) is -3.47. The van der Waals surface area contributed by atoms with Crippen molar-refractivity contribution in [3.05, 3.63) is 11.4 Å². The average Bonchev–Trinajstić information content (AvgIpc) is 2.39.